The van der Waals surface area contributed by atoms with Crippen LogP contribution in [0.25, 0.3) is 11.1 Å². The Hall–Kier alpha value is -2.54. The summed E-state index contributed by atoms with van der Waals surface area (Å²) in [6.45, 7) is 11.4. The van der Waals surface area contributed by atoms with Gasteiger partial charge in [0.1, 0.15) is 5.75 Å². The SMILES string of the molecule is CCC(C)c1ccc2c(c1)C(c1ccc(O)cc1)c1cc(C(C)(C)C)ccc1-2. The van der Waals surface area contributed by atoms with E-state index in [1.165, 1.54) is 38.9 Å². The third-order valence-electron chi connectivity index (χ3n) is 6.31. The van der Waals surface area contributed by atoms with Gasteiger partial charge in [-0.25, -0.2) is 0 Å². The van der Waals surface area contributed by atoms with Gasteiger partial charge in [-0.1, -0.05) is 83.1 Å². The van der Waals surface area contributed by atoms with Gasteiger partial charge in [0.05, 0.1) is 0 Å². The van der Waals surface area contributed by atoms with Crippen molar-refractivity contribution >= 4 is 0 Å². The van der Waals surface area contributed by atoms with Gasteiger partial charge in [-0.05, 0) is 68.8 Å². The van der Waals surface area contributed by atoms with Crippen LogP contribution in [0.5, 0.6) is 5.75 Å². The van der Waals surface area contributed by atoms with Crippen LogP contribution in [-0.2, 0) is 5.41 Å². The van der Waals surface area contributed by atoms with Crippen LogP contribution in [0.4, 0.5) is 0 Å². The van der Waals surface area contributed by atoms with Gasteiger partial charge in [-0.3, -0.25) is 0 Å². The van der Waals surface area contributed by atoms with Crippen molar-refractivity contribution in [3.05, 3.63) is 88.5 Å². The lowest BCUT2D eigenvalue weighted by molar-refractivity contribution is 0.475. The summed E-state index contributed by atoms with van der Waals surface area (Å²) in [5.74, 6) is 1.09. The normalized spacial score (nSPS) is 16.5. The maximum Gasteiger partial charge on any atom is 0.115 e. The predicted molar refractivity (Wildman–Crippen MR) is 118 cm³/mol. The first-order valence-corrected chi connectivity index (χ1v) is 10.4. The Morgan fingerprint density at radius 3 is 2.07 bits per heavy atom. The fraction of sp³-hybridized carbons (Fsp3) is 0.333. The first kappa shape index (κ1) is 18.8. The highest BCUT2D eigenvalue weighted by Crippen LogP contribution is 2.50. The Balaban J connectivity index is 1.94. The van der Waals surface area contributed by atoms with Gasteiger partial charge in [0.25, 0.3) is 0 Å². The molecule has 0 heterocycles. The van der Waals surface area contributed by atoms with Gasteiger partial charge in [-0.2, -0.15) is 0 Å². The second kappa shape index (κ2) is 6.81. The zero-order valence-corrected chi connectivity index (χ0v) is 17.6. The first-order valence-electron chi connectivity index (χ1n) is 10.4. The number of phenols is 1. The number of rotatable bonds is 3. The van der Waals surface area contributed by atoms with Crippen LogP contribution in [0.15, 0.2) is 60.7 Å². The molecule has 3 aromatic carbocycles. The maximum absolute atomic E-state index is 9.79. The first-order chi connectivity index (χ1) is 13.3. The van der Waals surface area contributed by atoms with Gasteiger partial charge in [0.15, 0.2) is 0 Å². The van der Waals surface area contributed by atoms with Crippen LogP contribution < -0.4 is 0 Å². The maximum atomic E-state index is 9.79. The molecule has 0 saturated carbocycles. The van der Waals surface area contributed by atoms with E-state index in [1.807, 2.05) is 0 Å². The monoisotopic (exact) mass is 370 g/mol. The summed E-state index contributed by atoms with van der Waals surface area (Å²) in [5.41, 5.74) is 9.60. The summed E-state index contributed by atoms with van der Waals surface area (Å²) in [5, 5.41) is 9.79. The van der Waals surface area contributed by atoms with E-state index in [1.54, 1.807) is 12.1 Å². The molecule has 0 spiro atoms. The number of benzene rings is 3. The fourth-order valence-corrected chi connectivity index (χ4v) is 4.31. The summed E-state index contributed by atoms with van der Waals surface area (Å²) in [6, 6.07) is 21.8. The highest BCUT2D eigenvalue weighted by molar-refractivity contribution is 5.81. The molecular formula is C27H30O. The quantitative estimate of drug-likeness (QED) is 0.399. The summed E-state index contributed by atoms with van der Waals surface area (Å²) in [4.78, 5) is 0. The lowest BCUT2D eigenvalue weighted by Crippen LogP contribution is -2.12. The molecule has 0 radical (unpaired) electrons. The van der Waals surface area contributed by atoms with Crippen LogP contribution in [0.1, 0.15) is 80.7 Å². The molecule has 3 aromatic rings. The van der Waals surface area contributed by atoms with Crippen LogP contribution in [-0.4, -0.2) is 5.11 Å². The van der Waals surface area contributed by atoms with E-state index in [0.717, 1.165) is 6.42 Å². The molecule has 0 bridgehead atoms. The van der Waals surface area contributed by atoms with Crippen molar-refractivity contribution in [2.45, 2.75) is 58.3 Å². The molecule has 0 fully saturated rings. The third-order valence-corrected chi connectivity index (χ3v) is 6.31. The Kier molecular flexibility index (Phi) is 4.57. The molecule has 0 amide bonds. The number of phenolic OH excluding ortho intramolecular Hbond substituents is 1. The van der Waals surface area contributed by atoms with E-state index in [4.69, 9.17) is 0 Å². The minimum Gasteiger partial charge on any atom is -0.508 e. The number of aromatic hydroxyl groups is 1. The molecule has 0 aliphatic heterocycles. The Labute approximate surface area is 169 Å². The fourth-order valence-electron chi connectivity index (χ4n) is 4.31. The smallest absolute Gasteiger partial charge is 0.115 e. The van der Waals surface area contributed by atoms with Crippen molar-refractivity contribution in [3.63, 3.8) is 0 Å². The van der Waals surface area contributed by atoms with Crippen molar-refractivity contribution in [3.8, 4) is 16.9 Å². The van der Waals surface area contributed by atoms with E-state index in [-0.39, 0.29) is 11.3 Å². The van der Waals surface area contributed by atoms with Gasteiger partial charge in [0, 0.05) is 5.92 Å². The molecule has 144 valence electrons. The average Bonchev–Trinajstić information content (AvgIpc) is 3.00. The lowest BCUT2D eigenvalue weighted by atomic mass is 9.82. The second-order valence-corrected chi connectivity index (χ2v) is 9.23. The van der Waals surface area contributed by atoms with Crippen LogP contribution >= 0.6 is 0 Å². The van der Waals surface area contributed by atoms with E-state index < -0.39 is 0 Å². The predicted octanol–water partition coefficient (Wildman–Crippen LogP) is 7.36. The Morgan fingerprint density at radius 1 is 0.857 bits per heavy atom. The standard InChI is InChI=1S/C27H30O/c1-6-17(2)19-9-13-22-23-14-10-20(27(3,4)5)16-25(23)26(24(22)15-19)18-7-11-21(28)12-8-18/h7-17,26,28H,6H2,1-5H3. The summed E-state index contributed by atoms with van der Waals surface area (Å²) in [6.07, 6.45) is 1.14. The van der Waals surface area contributed by atoms with Gasteiger partial charge >= 0.3 is 0 Å². The Bertz CT molecular complexity index is 1010. The molecule has 1 aliphatic carbocycles. The molecule has 2 atom stereocenters. The molecule has 1 N–H and O–H groups in total. The zero-order chi connectivity index (χ0) is 20.1. The summed E-state index contributed by atoms with van der Waals surface area (Å²) in [7, 11) is 0. The second-order valence-electron chi connectivity index (χ2n) is 9.23. The molecule has 0 aromatic heterocycles. The highest BCUT2D eigenvalue weighted by atomic mass is 16.3. The van der Waals surface area contributed by atoms with Gasteiger partial charge in [-0.15, -0.1) is 0 Å². The summed E-state index contributed by atoms with van der Waals surface area (Å²) >= 11 is 0. The third kappa shape index (κ3) is 3.13. The average molecular weight is 371 g/mol. The van der Waals surface area contributed by atoms with Crippen LogP contribution in [0.3, 0.4) is 0 Å². The number of hydrogen-bond acceptors (Lipinski definition) is 1. The molecular weight excluding hydrogens is 340 g/mol. The molecule has 0 saturated heterocycles. The van der Waals surface area contributed by atoms with Crippen molar-refractivity contribution < 1.29 is 5.11 Å². The van der Waals surface area contributed by atoms with E-state index in [9.17, 15) is 5.11 Å². The van der Waals surface area contributed by atoms with E-state index in [0.29, 0.717) is 11.7 Å². The Morgan fingerprint density at radius 2 is 1.46 bits per heavy atom. The molecule has 4 rings (SSSR count). The highest BCUT2D eigenvalue weighted by Gasteiger charge is 2.31. The van der Waals surface area contributed by atoms with Crippen molar-refractivity contribution in [2.75, 3.05) is 0 Å². The van der Waals surface area contributed by atoms with Crippen molar-refractivity contribution in [1.82, 2.24) is 0 Å². The zero-order valence-electron chi connectivity index (χ0n) is 17.6. The molecule has 1 aliphatic rings. The van der Waals surface area contributed by atoms with E-state index in [2.05, 4.69) is 83.1 Å². The number of hydrogen-bond donors (Lipinski definition) is 1. The molecule has 1 heteroatoms. The molecule has 1 nitrogen and oxygen atoms in total. The minimum atomic E-state index is 0.116. The van der Waals surface area contributed by atoms with E-state index >= 15 is 0 Å². The minimum absolute atomic E-state index is 0.116. The summed E-state index contributed by atoms with van der Waals surface area (Å²) < 4.78 is 0. The van der Waals surface area contributed by atoms with Crippen LogP contribution in [0.2, 0.25) is 0 Å². The molecule has 28 heavy (non-hydrogen) atoms. The van der Waals surface area contributed by atoms with Gasteiger partial charge < -0.3 is 5.11 Å². The van der Waals surface area contributed by atoms with Crippen molar-refractivity contribution in [2.24, 2.45) is 0 Å². The largest absolute Gasteiger partial charge is 0.508 e. The van der Waals surface area contributed by atoms with Crippen molar-refractivity contribution in [1.29, 1.82) is 0 Å². The van der Waals surface area contributed by atoms with Crippen LogP contribution in [0, 0.1) is 0 Å². The number of fused-ring (bicyclic) bond motifs is 3. The molecule has 2 unspecified atom stereocenters. The topological polar surface area (TPSA) is 20.2 Å². The van der Waals surface area contributed by atoms with Gasteiger partial charge in [0.2, 0.25) is 0 Å². The lowest BCUT2D eigenvalue weighted by Gasteiger charge is -2.22.